The number of hydrogen-bond acceptors (Lipinski definition) is 4. The number of nitrogens with one attached hydrogen (secondary N) is 1. The molecule has 2 aromatic rings. The average Bonchev–Trinajstić information content (AvgIpc) is 2.60. The first-order valence-corrected chi connectivity index (χ1v) is 7.25. The van der Waals surface area contributed by atoms with E-state index in [-0.39, 0.29) is 12.1 Å². The number of carbonyl (C=O) groups is 1. The summed E-state index contributed by atoms with van der Waals surface area (Å²) in [5.41, 5.74) is 1.54. The van der Waals surface area contributed by atoms with Crippen LogP contribution in [0, 0.1) is 11.3 Å². The second-order valence-corrected chi connectivity index (χ2v) is 4.68. The van der Waals surface area contributed by atoms with Crippen LogP contribution < -0.4 is 10.1 Å². The number of nitriles is 1. The van der Waals surface area contributed by atoms with Gasteiger partial charge >= 0.3 is 0 Å². The molecule has 0 bridgehead atoms. The van der Waals surface area contributed by atoms with Gasteiger partial charge in [0.1, 0.15) is 17.4 Å². The van der Waals surface area contributed by atoms with Gasteiger partial charge < -0.3 is 10.1 Å². The molecule has 2 rings (SSSR count). The van der Waals surface area contributed by atoms with Crippen LogP contribution in [0.5, 0.6) is 5.75 Å². The zero-order valence-electron chi connectivity index (χ0n) is 12.8. The summed E-state index contributed by atoms with van der Waals surface area (Å²) in [4.78, 5) is 16.2. The van der Waals surface area contributed by atoms with E-state index < -0.39 is 5.91 Å². The van der Waals surface area contributed by atoms with Crippen LogP contribution in [0.3, 0.4) is 0 Å². The van der Waals surface area contributed by atoms with Gasteiger partial charge in [0.2, 0.25) is 0 Å². The van der Waals surface area contributed by atoms with Gasteiger partial charge in [-0.1, -0.05) is 18.2 Å². The molecule has 5 nitrogen and oxygen atoms in total. The quantitative estimate of drug-likeness (QED) is 0.657. The Morgan fingerprint density at radius 3 is 2.70 bits per heavy atom. The summed E-state index contributed by atoms with van der Waals surface area (Å²) >= 11 is 0. The third-order valence-corrected chi connectivity index (χ3v) is 3.02. The lowest BCUT2D eigenvalue weighted by Crippen LogP contribution is -2.24. The van der Waals surface area contributed by atoms with Crippen molar-refractivity contribution in [2.75, 3.05) is 6.61 Å². The Morgan fingerprint density at radius 2 is 2.09 bits per heavy atom. The van der Waals surface area contributed by atoms with Gasteiger partial charge in [0.15, 0.2) is 0 Å². The van der Waals surface area contributed by atoms with Crippen molar-refractivity contribution in [3.05, 3.63) is 65.5 Å². The standard InChI is InChI=1S/C18H17N3O2/c1-2-23-17-8-6-14(7-9-17)11-15(12-19)18(22)21-13-16-5-3-4-10-20-16/h3-11H,2,13H2,1H3,(H,21,22)/b15-11+. The van der Waals surface area contributed by atoms with Gasteiger partial charge in [0.25, 0.3) is 5.91 Å². The number of carbonyl (C=O) groups excluding carboxylic acids is 1. The predicted molar refractivity (Wildman–Crippen MR) is 87.3 cm³/mol. The van der Waals surface area contributed by atoms with Crippen molar-refractivity contribution in [1.29, 1.82) is 5.26 Å². The number of nitrogens with zero attached hydrogens (tertiary/aromatic N) is 2. The molecule has 0 saturated heterocycles. The highest BCUT2D eigenvalue weighted by Gasteiger charge is 2.09. The molecular formula is C18H17N3O2. The zero-order chi connectivity index (χ0) is 16.5. The molecule has 1 aromatic heterocycles. The van der Waals surface area contributed by atoms with E-state index in [1.54, 1.807) is 42.6 Å². The first kappa shape index (κ1) is 16.2. The van der Waals surface area contributed by atoms with Crippen molar-refractivity contribution in [2.45, 2.75) is 13.5 Å². The van der Waals surface area contributed by atoms with Gasteiger partial charge in [-0.05, 0) is 42.8 Å². The smallest absolute Gasteiger partial charge is 0.262 e. The third-order valence-electron chi connectivity index (χ3n) is 3.02. The first-order valence-electron chi connectivity index (χ1n) is 7.25. The molecule has 0 saturated carbocycles. The van der Waals surface area contributed by atoms with Crippen molar-refractivity contribution in [1.82, 2.24) is 10.3 Å². The van der Waals surface area contributed by atoms with Gasteiger partial charge in [0.05, 0.1) is 18.8 Å². The fourth-order valence-electron chi connectivity index (χ4n) is 1.91. The highest BCUT2D eigenvalue weighted by molar-refractivity contribution is 6.01. The molecule has 0 aliphatic heterocycles. The number of ether oxygens (including phenoxy) is 1. The minimum Gasteiger partial charge on any atom is -0.494 e. The molecule has 1 amide bonds. The maximum Gasteiger partial charge on any atom is 0.262 e. The Balaban J connectivity index is 2.03. The summed E-state index contributed by atoms with van der Waals surface area (Å²) in [5.74, 6) is 0.329. The minimum absolute atomic E-state index is 0.0464. The van der Waals surface area contributed by atoms with Crippen molar-refractivity contribution in [2.24, 2.45) is 0 Å². The van der Waals surface area contributed by atoms with Crippen molar-refractivity contribution in [3.8, 4) is 11.8 Å². The fraction of sp³-hybridized carbons (Fsp3) is 0.167. The van der Waals surface area contributed by atoms with Gasteiger partial charge in [0, 0.05) is 6.20 Å². The van der Waals surface area contributed by atoms with Crippen molar-refractivity contribution in [3.63, 3.8) is 0 Å². The molecule has 5 heteroatoms. The van der Waals surface area contributed by atoms with E-state index >= 15 is 0 Å². The monoisotopic (exact) mass is 307 g/mol. The predicted octanol–water partition coefficient (Wildman–Crippen LogP) is 2.70. The van der Waals surface area contributed by atoms with Gasteiger partial charge in [-0.25, -0.2) is 0 Å². The molecule has 0 radical (unpaired) electrons. The lowest BCUT2D eigenvalue weighted by atomic mass is 10.1. The number of amides is 1. The van der Waals surface area contributed by atoms with Crippen LogP contribution in [-0.4, -0.2) is 17.5 Å². The molecule has 0 fully saturated rings. The van der Waals surface area contributed by atoms with E-state index in [4.69, 9.17) is 4.74 Å². The normalized spacial score (nSPS) is 10.7. The molecule has 1 heterocycles. The molecule has 1 N–H and O–H groups in total. The fourth-order valence-corrected chi connectivity index (χ4v) is 1.91. The molecular weight excluding hydrogens is 290 g/mol. The van der Waals surface area contributed by atoms with E-state index in [0.29, 0.717) is 6.61 Å². The number of rotatable bonds is 6. The van der Waals surface area contributed by atoms with Crippen LogP contribution >= 0.6 is 0 Å². The number of aromatic nitrogens is 1. The molecule has 1 aromatic carbocycles. The third kappa shape index (κ3) is 4.97. The van der Waals surface area contributed by atoms with Crippen molar-refractivity contribution < 1.29 is 9.53 Å². The Hall–Kier alpha value is -3.13. The summed E-state index contributed by atoms with van der Waals surface area (Å²) < 4.78 is 5.36. The number of benzene rings is 1. The van der Waals surface area contributed by atoms with Crippen molar-refractivity contribution >= 4 is 12.0 Å². The molecule has 0 aliphatic rings. The average molecular weight is 307 g/mol. The van der Waals surface area contributed by atoms with Crippen LogP contribution in [0.25, 0.3) is 6.08 Å². The topological polar surface area (TPSA) is 75.0 Å². The zero-order valence-corrected chi connectivity index (χ0v) is 12.8. The van der Waals surface area contributed by atoms with E-state index in [0.717, 1.165) is 17.0 Å². The van der Waals surface area contributed by atoms with Crippen LogP contribution in [-0.2, 0) is 11.3 Å². The maximum absolute atomic E-state index is 12.1. The van der Waals surface area contributed by atoms with E-state index in [9.17, 15) is 10.1 Å². The van der Waals surface area contributed by atoms with Crippen LogP contribution in [0.1, 0.15) is 18.2 Å². The molecule has 0 spiro atoms. The van der Waals surface area contributed by atoms with Crippen LogP contribution in [0.4, 0.5) is 0 Å². The summed E-state index contributed by atoms with van der Waals surface area (Å²) in [7, 11) is 0. The minimum atomic E-state index is -0.424. The molecule has 0 atom stereocenters. The molecule has 116 valence electrons. The SMILES string of the molecule is CCOc1ccc(/C=C(\C#N)C(=O)NCc2ccccn2)cc1. The van der Waals surface area contributed by atoms with Crippen LogP contribution in [0.15, 0.2) is 54.2 Å². The Morgan fingerprint density at radius 1 is 1.30 bits per heavy atom. The van der Waals surface area contributed by atoms with Gasteiger partial charge in [-0.15, -0.1) is 0 Å². The van der Waals surface area contributed by atoms with Gasteiger partial charge in [-0.2, -0.15) is 5.26 Å². The lowest BCUT2D eigenvalue weighted by Gasteiger charge is -2.05. The second-order valence-electron chi connectivity index (χ2n) is 4.68. The summed E-state index contributed by atoms with van der Waals surface area (Å²) in [5, 5.41) is 11.9. The Labute approximate surface area is 135 Å². The lowest BCUT2D eigenvalue weighted by molar-refractivity contribution is -0.117. The van der Waals surface area contributed by atoms with Gasteiger partial charge in [-0.3, -0.25) is 9.78 Å². The molecule has 0 unspecified atom stereocenters. The number of pyridine rings is 1. The Bertz CT molecular complexity index is 716. The maximum atomic E-state index is 12.1. The van der Waals surface area contributed by atoms with E-state index in [1.165, 1.54) is 0 Å². The largest absolute Gasteiger partial charge is 0.494 e. The Kier molecular flexibility index (Phi) is 5.89. The summed E-state index contributed by atoms with van der Waals surface area (Å²) in [6.45, 7) is 2.78. The second kappa shape index (κ2) is 8.35. The van der Waals surface area contributed by atoms with E-state index in [1.807, 2.05) is 25.1 Å². The molecule has 23 heavy (non-hydrogen) atoms. The summed E-state index contributed by atoms with van der Waals surface area (Å²) in [6.07, 6.45) is 3.20. The first-order chi connectivity index (χ1) is 11.2. The molecule has 0 aliphatic carbocycles. The summed E-state index contributed by atoms with van der Waals surface area (Å²) in [6, 6.07) is 14.6. The highest BCUT2D eigenvalue weighted by atomic mass is 16.5. The van der Waals surface area contributed by atoms with E-state index in [2.05, 4.69) is 10.3 Å². The van der Waals surface area contributed by atoms with Crippen LogP contribution in [0.2, 0.25) is 0 Å². The number of hydrogen-bond donors (Lipinski definition) is 1. The highest BCUT2D eigenvalue weighted by Crippen LogP contribution is 2.14.